The first-order chi connectivity index (χ1) is 10.1. The van der Waals surface area contributed by atoms with E-state index in [4.69, 9.17) is 0 Å². The Bertz CT molecular complexity index is 707. The van der Waals surface area contributed by atoms with E-state index in [-0.39, 0.29) is 23.6 Å². The van der Waals surface area contributed by atoms with Crippen LogP contribution in [0.25, 0.3) is 0 Å². The summed E-state index contributed by atoms with van der Waals surface area (Å²) in [5.41, 5.74) is 0.482. The fourth-order valence-corrected chi connectivity index (χ4v) is 1.77. The van der Waals surface area contributed by atoms with Gasteiger partial charge >= 0.3 is 5.97 Å². The predicted molar refractivity (Wildman–Crippen MR) is 77.1 cm³/mol. The molecule has 0 aliphatic carbocycles. The Morgan fingerprint density at radius 2 is 1.86 bits per heavy atom. The Morgan fingerprint density at radius 1 is 1.14 bits per heavy atom. The summed E-state index contributed by atoms with van der Waals surface area (Å²) < 4.78 is 5.73. The van der Waals surface area contributed by atoms with Crippen molar-refractivity contribution in [2.45, 2.75) is 6.54 Å². The summed E-state index contributed by atoms with van der Waals surface area (Å²) in [4.78, 5) is 35.0. The lowest BCUT2D eigenvalue weighted by Crippen LogP contribution is -2.27. The largest absolute Gasteiger partial charge is 0.465 e. The van der Waals surface area contributed by atoms with E-state index in [1.807, 2.05) is 6.07 Å². The predicted octanol–water partition coefficient (Wildman–Crippen LogP) is 1.27. The second-order valence-corrected chi connectivity index (χ2v) is 4.29. The van der Waals surface area contributed by atoms with Crippen LogP contribution in [-0.4, -0.2) is 23.6 Å². The third kappa shape index (κ3) is 3.79. The molecule has 1 aromatic carbocycles. The van der Waals surface area contributed by atoms with Crippen LogP contribution in [0.1, 0.15) is 10.4 Å². The van der Waals surface area contributed by atoms with Crippen LogP contribution in [0, 0.1) is 0 Å². The normalized spacial score (nSPS) is 9.95. The Morgan fingerprint density at radius 3 is 2.52 bits per heavy atom. The highest BCUT2D eigenvalue weighted by Gasteiger charge is 2.10. The Balaban J connectivity index is 2.13. The standard InChI is InChI=1S/C15H14N2O4/c1-21-15(20)11-7-8-14(19)17(9-11)10-13(18)16-12-5-3-2-4-6-12/h2-9H,10H2,1H3,(H,16,18). The maximum absolute atomic E-state index is 11.9. The van der Waals surface area contributed by atoms with E-state index in [1.165, 1.54) is 25.4 Å². The summed E-state index contributed by atoms with van der Waals surface area (Å²) in [5.74, 6) is -0.919. The number of ether oxygens (including phenoxy) is 1. The Hall–Kier alpha value is -2.89. The molecular weight excluding hydrogens is 272 g/mol. The summed E-state index contributed by atoms with van der Waals surface area (Å²) >= 11 is 0. The lowest BCUT2D eigenvalue weighted by molar-refractivity contribution is -0.116. The maximum atomic E-state index is 11.9. The van der Waals surface area contributed by atoms with Crippen molar-refractivity contribution in [2.75, 3.05) is 12.4 Å². The lowest BCUT2D eigenvalue weighted by atomic mass is 10.3. The van der Waals surface area contributed by atoms with Gasteiger partial charge in [-0.1, -0.05) is 18.2 Å². The zero-order valence-electron chi connectivity index (χ0n) is 11.4. The minimum atomic E-state index is -0.563. The number of methoxy groups -OCH3 is 1. The van der Waals surface area contributed by atoms with Crippen molar-refractivity contribution in [2.24, 2.45) is 0 Å². The molecule has 21 heavy (non-hydrogen) atoms. The number of carbonyl (C=O) groups excluding carboxylic acids is 2. The SMILES string of the molecule is COC(=O)c1ccc(=O)n(CC(=O)Nc2ccccc2)c1. The minimum absolute atomic E-state index is 0.182. The van der Waals surface area contributed by atoms with Gasteiger partial charge in [0, 0.05) is 18.0 Å². The fraction of sp³-hybridized carbons (Fsp3) is 0.133. The smallest absolute Gasteiger partial charge is 0.339 e. The Labute approximate surface area is 121 Å². The van der Waals surface area contributed by atoms with Gasteiger partial charge in [-0.2, -0.15) is 0 Å². The third-order valence-electron chi connectivity index (χ3n) is 2.78. The number of hydrogen-bond acceptors (Lipinski definition) is 4. The first-order valence-corrected chi connectivity index (χ1v) is 6.24. The molecule has 0 atom stereocenters. The monoisotopic (exact) mass is 286 g/mol. The van der Waals surface area contributed by atoms with Crippen LogP contribution < -0.4 is 10.9 Å². The molecule has 1 aromatic heterocycles. The van der Waals surface area contributed by atoms with Gasteiger partial charge in [-0.05, 0) is 18.2 Å². The zero-order chi connectivity index (χ0) is 15.2. The third-order valence-corrected chi connectivity index (χ3v) is 2.78. The molecule has 0 aliphatic heterocycles. The molecule has 1 heterocycles. The van der Waals surface area contributed by atoms with E-state index in [0.717, 1.165) is 4.57 Å². The highest BCUT2D eigenvalue weighted by Crippen LogP contribution is 2.05. The number of carbonyl (C=O) groups is 2. The molecule has 2 aromatic rings. The van der Waals surface area contributed by atoms with E-state index in [9.17, 15) is 14.4 Å². The molecule has 0 saturated carbocycles. The summed E-state index contributed by atoms with van der Waals surface area (Å²) in [5, 5.41) is 2.67. The lowest BCUT2D eigenvalue weighted by Gasteiger charge is -2.08. The van der Waals surface area contributed by atoms with Gasteiger partial charge in [0.25, 0.3) is 5.56 Å². The van der Waals surface area contributed by atoms with Crippen molar-refractivity contribution in [3.63, 3.8) is 0 Å². The molecule has 0 radical (unpaired) electrons. The average Bonchev–Trinajstić information content (AvgIpc) is 2.49. The fourth-order valence-electron chi connectivity index (χ4n) is 1.77. The molecule has 108 valence electrons. The topological polar surface area (TPSA) is 77.4 Å². The highest BCUT2D eigenvalue weighted by atomic mass is 16.5. The van der Waals surface area contributed by atoms with Crippen LogP contribution in [0.5, 0.6) is 0 Å². The van der Waals surface area contributed by atoms with Gasteiger partial charge in [-0.3, -0.25) is 9.59 Å². The van der Waals surface area contributed by atoms with Crippen LogP contribution in [0.3, 0.4) is 0 Å². The zero-order valence-corrected chi connectivity index (χ0v) is 11.4. The number of rotatable bonds is 4. The van der Waals surface area contributed by atoms with Crippen molar-refractivity contribution < 1.29 is 14.3 Å². The highest BCUT2D eigenvalue weighted by molar-refractivity contribution is 5.91. The van der Waals surface area contributed by atoms with Crippen molar-refractivity contribution >= 4 is 17.6 Å². The van der Waals surface area contributed by atoms with Gasteiger partial charge in [0.05, 0.1) is 12.7 Å². The van der Waals surface area contributed by atoms with Crippen molar-refractivity contribution in [1.82, 2.24) is 4.57 Å². The van der Waals surface area contributed by atoms with Crippen molar-refractivity contribution in [3.8, 4) is 0 Å². The molecule has 0 fully saturated rings. The van der Waals surface area contributed by atoms with Crippen LogP contribution in [-0.2, 0) is 16.1 Å². The summed E-state index contributed by atoms with van der Waals surface area (Å²) in [7, 11) is 1.25. The number of amides is 1. The first kappa shape index (κ1) is 14.5. The number of para-hydroxylation sites is 1. The maximum Gasteiger partial charge on any atom is 0.339 e. The molecule has 0 spiro atoms. The van der Waals surface area contributed by atoms with Crippen molar-refractivity contribution in [3.05, 3.63) is 64.6 Å². The van der Waals surface area contributed by atoms with Gasteiger partial charge in [-0.15, -0.1) is 0 Å². The van der Waals surface area contributed by atoms with Gasteiger partial charge in [0.2, 0.25) is 5.91 Å². The molecule has 0 saturated heterocycles. The molecule has 6 nitrogen and oxygen atoms in total. The van der Waals surface area contributed by atoms with Crippen LogP contribution in [0.15, 0.2) is 53.5 Å². The molecular formula is C15H14N2O4. The number of pyridine rings is 1. The van der Waals surface area contributed by atoms with Crippen LogP contribution in [0.4, 0.5) is 5.69 Å². The molecule has 0 bridgehead atoms. The number of hydrogen-bond donors (Lipinski definition) is 1. The van der Waals surface area contributed by atoms with E-state index in [0.29, 0.717) is 5.69 Å². The summed E-state index contributed by atoms with van der Waals surface area (Å²) in [6.45, 7) is -0.182. The summed E-state index contributed by atoms with van der Waals surface area (Å²) in [6.07, 6.45) is 1.30. The number of nitrogens with one attached hydrogen (secondary N) is 1. The minimum Gasteiger partial charge on any atom is -0.465 e. The molecule has 0 unspecified atom stereocenters. The van der Waals surface area contributed by atoms with Gasteiger partial charge < -0.3 is 14.6 Å². The summed E-state index contributed by atoms with van der Waals surface area (Å²) in [6, 6.07) is 11.5. The first-order valence-electron chi connectivity index (χ1n) is 6.24. The second kappa shape index (κ2) is 6.51. The molecule has 0 aliphatic rings. The van der Waals surface area contributed by atoms with Gasteiger partial charge in [-0.25, -0.2) is 4.79 Å². The average molecular weight is 286 g/mol. The van der Waals surface area contributed by atoms with E-state index in [1.54, 1.807) is 24.3 Å². The van der Waals surface area contributed by atoms with Crippen LogP contribution in [0.2, 0.25) is 0 Å². The number of esters is 1. The van der Waals surface area contributed by atoms with Gasteiger partial charge in [0.1, 0.15) is 6.54 Å². The second-order valence-electron chi connectivity index (χ2n) is 4.29. The number of benzene rings is 1. The number of nitrogens with zero attached hydrogens (tertiary/aromatic N) is 1. The van der Waals surface area contributed by atoms with Crippen LogP contribution >= 0.6 is 0 Å². The quantitative estimate of drug-likeness (QED) is 0.859. The van der Waals surface area contributed by atoms with E-state index >= 15 is 0 Å². The molecule has 1 N–H and O–H groups in total. The number of anilines is 1. The number of aromatic nitrogens is 1. The molecule has 1 amide bonds. The molecule has 6 heteroatoms. The van der Waals surface area contributed by atoms with E-state index < -0.39 is 5.97 Å². The van der Waals surface area contributed by atoms with E-state index in [2.05, 4.69) is 10.1 Å². The van der Waals surface area contributed by atoms with Crippen molar-refractivity contribution in [1.29, 1.82) is 0 Å². The molecule has 2 rings (SSSR count). The Kier molecular flexibility index (Phi) is 4.50. The van der Waals surface area contributed by atoms with Gasteiger partial charge in [0.15, 0.2) is 0 Å².